The molecule has 0 heterocycles. The van der Waals surface area contributed by atoms with Gasteiger partial charge in [0.15, 0.2) is 5.60 Å². The van der Waals surface area contributed by atoms with Crippen molar-refractivity contribution in [2.45, 2.75) is 86.2 Å². The van der Waals surface area contributed by atoms with Gasteiger partial charge < -0.3 is 14.2 Å². The van der Waals surface area contributed by atoms with E-state index in [0.717, 1.165) is 0 Å². The van der Waals surface area contributed by atoms with Crippen LogP contribution in [0.25, 0.3) is 0 Å². The molecule has 0 aliphatic carbocycles. The van der Waals surface area contributed by atoms with Gasteiger partial charge >= 0.3 is 13.6 Å². The summed E-state index contributed by atoms with van der Waals surface area (Å²) in [6.45, 7) is 17.9. The fourth-order valence-corrected chi connectivity index (χ4v) is 4.93. The summed E-state index contributed by atoms with van der Waals surface area (Å²) < 4.78 is 24.7. The van der Waals surface area contributed by atoms with Crippen molar-refractivity contribution in [2.75, 3.05) is 13.2 Å². The lowest BCUT2D eigenvalue weighted by Crippen LogP contribution is -2.56. The first-order valence-corrected chi connectivity index (χ1v) is 10.7. The Hall–Kier alpha value is -0.540. The zero-order valence-electron chi connectivity index (χ0n) is 18.3. The summed E-state index contributed by atoms with van der Waals surface area (Å²) in [5.41, 5.74) is -0.508. The molecule has 0 saturated carbocycles. The maximum absolute atomic E-state index is 13.6. The highest BCUT2D eigenvalue weighted by Crippen LogP contribution is 2.60. The third-order valence-corrected chi connectivity index (χ3v) is 6.34. The van der Waals surface area contributed by atoms with Crippen molar-refractivity contribution in [3.63, 3.8) is 0 Å². The van der Waals surface area contributed by atoms with Gasteiger partial charge in [0.05, 0.1) is 13.2 Å². The van der Waals surface area contributed by atoms with Crippen molar-refractivity contribution in [3.05, 3.63) is 0 Å². The van der Waals surface area contributed by atoms with E-state index in [0.29, 0.717) is 0 Å². The van der Waals surface area contributed by atoms with E-state index in [2.05, 4.69) is 5.64 Å². The van der Waals surface area contributed by atoms with Crippen molar-refractivity contribution in [3.8, 4) is 0 Å². The molecule has 162 valence electrons. The molecule has 0 fully saturated rings. The maximum Gasteiger partial charge on any atom is 0.350 e. The summed E-state index contributed by atoms with van der Waals surface area (Å²) in [7, 11) is -3.61. The highest BCUT2D eigenvalue weighted by atomic mass is 31.2. The number of nitrogens with one attached hydrogen (secondary N) is 1. The predicted molar refractivity (Wildman–Crippen MR) is 103 cm³/mol. The van der Waals surface area contributed by atoms with Crippen LogP contribution in [0.4, 0.5) is 0 Å². The predicted octanol–water partition coefficient (Wildman–Crippen LogP) is 3.96. The average molecular weight is 412 g/mol. The monoisotopic (exact) mass is 412 g/mol. The van der Waals surface area contributed by atoms with Crippen molar-refractivity contribution < 1.29 is 33.3 Å². The minimum atomic E-state index is -3.61. The van der Waals surface area contributed by atoms with Crippen LogP contribution < -0.4 is 5.64 Å². The molecule has 0 aliphatic heterocycles. The van der Waals surface area contributed by atoms with Crippen LogP contribution in [0.3, 0.4) is 0 Å². The molecule has 1 atom stereocenters. The Morgan fingerprint density at radius 3 is 1.78 bits per heavy atom. The van der Waals surface area contributed by atoms with Gasteiger partial charge in [0.25, 0.3) is 0 Å². The Bertz CT molecular complexity index is 516. The van der Waals surface area contributed by atoms with Gasteiger partial charge in [0.2, 0.25) is 0 Å². The molecule has 0 aromatic carbocycles. The number of carboxylic acid groups (broad SMARTS) is 1. The van der Waals surface area contributed by atoms with Crippen molar-refractivity contribution in [2.24, 2.45) is 5.41 Å². The lowest BCUT2D eigenvalue weighted by molar-refractivity contribution is -0.361. The number of aliphatic carboxylic acids is 1. The van der Waals surface area contributed by atoms with E-state index >= 15 is 0 Å². The Balaban J connectivity index is 5.87. The van der Waals surface area contributed by atoms with Gasteiger partial charge in [0.1, 0.15) is 5.78 Å². The van der Waals surface area contributed by atoms with Crippen LogP contribution in [-0.2, 0) is 28.2 Å². The SMILES string of the molecule is CCOP(=O)(OCC)C(N(ONOC(C)(C)C(=O)O)C(C)(C)C)C(C)(C)C. The van der Waals surface area contributed by atoms with Gasteiger partial charge in [0, 0.05) is 5.54 Å². The number of hydrogen-bond acceptors (Lipinski definition) is 8. The molecule has 0 aliphatic rings. The fourth-order valence-electron chi connectivity index (χ4n) is 2.25. The van der Waals surface area contributed by atoms with Gasteiger partial charge in [-0.25, -0.2) is 4.79 Å². The van der Waals surface area contributed by atoms with Crippen molar-refractivity contribution in [1.29, 1.82) is 0 Å². The average Bonchev–Trinajstić information content (AvgIpc) is 2.43. The largest absolute Gasteiger partial charge is 0.479 e. The lowest BCUT2D eigenvalue weighted by atomic mass is 9.94. The van der Waals surface area contributed by atoms with Crippen LogP contribution in [0.15, 0.2) is 0 Å². The third-order valence-electron chi connectivity index (χ3n) is 3.52. The van der Waals surface area contributed by atoms with E-state index < -0.39 is 35.9 Å². The summed E-state index contributed by atoms with van der Waals surface area (Å²) in [5.74, 6) is -1.96. The van der Waals surface area contributed by atoms with E-state index in [-0.39, 0.29) is 13.2 Å². The number of hydrogen-bond donors (Lipinski definition) is 2. The summed E-state index contributed by atoms with van der Waals surface area (Å²) in [6.07, 6.45) is 0. The van der Waals surface area contributed by atoms with Gasteiger partial charge in [-0.3, -0.25) is 9.40 Å². The Labute approximate surface area is 163 Å². The van der Waals surface area contributed by atoms with Gasteiger partial charge in [-0.2, -0.15) is 4.94 Å². The number of nitrogens with zero attached hydrogens (tertiary/aromatic N) is 1. The van der Waals surface area contributed by atoms with Crippen LogP contribution in [-0.4, -0.2) is 46.3 Å². The molecule has 0 rings (SSSR count). The fraction of sp³-hybridized carbons (Fsp3) is 0.941. The first kappa shape index (κ1) is 26.5. The second-order valence-corrected chi connectivity index (χ2v) is 10.8. The van der Waals surface area contributed by atoms with Gasteiger partial charge in [-0.1, -0.05) is 26.4 Å². The van der Waals surface area contributed by atoms with Crippen molar-refractivity contribution in [1.82, 2.24) is 10.7 Å². The molecule has 0 aromatic heterocycles. The van der Waals surface area contributed by atoms with Crippen LogP contribution in [0.5, 0.6) is 0 Å². The molecule has 0 saturated heterocycles. The Morgan fingerprint density at radius 2 is 1.48 bits per heavy atom. The minimum absolute atomic E-state index is 0.206. The molecule has 1 unspecified atom stereocenters. The van der Waals surface area contributed by atoms with Crippen molar-refractivity contribution >= 4 is 13.6 Å². The minimum Gasteiger partial charge on any atom is -0.479 e. The Kier molecular flexibility index (Phi) is 9.59. The quantitative estimate of drug-likeness (QED) is 0.385. The first-order chi connectivity index (χ1) is 12.0. The van der Waals surface area contributed by atoms with E-state index in [1.54, 1.807) is 13.8 Å². The smallest absolute Gasteiger partial charge is 0.350 e. The van der Waals surface area contributed by atoms with Crippen LogP contribution >= 0.6 is 7.60 Å². The number of carbonyl (C=O) groups is 1. The summed E-state index contributed by atoms with van der Waals surface area (Å²) >= 11 is 0. The summed E-state index contributed by atoms with van der Waals surface area (Å²) in [6, 6.07) is 0. The van der Waals surface area contributed by atoms with Gasteiger partial charge in [-0.15, -0.1) is 5.06 Å². The van der Waals surface area contributed by atoms with Crippen LogP contribution in [0, 0.1) is 5.41 Å². The molecule has 27 heavy (non-hydrogen) atoms. The highest BCUT2D eigenvalue weighted by Gasteiger charge is 2.51. The molecule has 10 heteroatoms. The second kappa shape index (κ2) is 9.78. The lowest BCUT2D eigenvalue weighted by Gasteiger charge is -2.46. The normalized spacial score (nSPS) is 15.2. The Morgan fingerprint density at radius 1 is 1.04 bits per heavy atom. The molecule has 0 spiro atoms. The van der Waals surface area contributed by atoms with E-state index in [1.807, 2.05) is 41.5 Å². The summed E-state index contributed by atoms with van der Waals surface area (Å²) in [4.78, 5) is 21.9. The summed E-state index contributed by atoms with van der Waals surface area (Å²) in [5, 5.41) is 10.6. The molecule has 2 N–H and O–H groups in total. The maximum atomic E-state index is 13.6. The van der Waals surface area contributed by atoms with Crippen LogP contribution in [0.2, 0.25) is 0 Å². The molecule has 0 bridgehead atoms. The number of carboxylic acids is 1. The zero-order chi connectivity index (χ0) is 21.7. The third kappa shape index (κ3) is 7.77. The molecular formula is C17H37N2O7P. The topological polar surface area (TPSA) is 107 Å². The number of hydroxylamine groups is 2. The molecular weight excluding hydrogens is 375 g/mol. The zero-order valence-corrected chi connectivity index (χ0v) is 19.2. The van der Waals surface area contributed by atoms with Gasteiger partial charge in [-0.05, 0) is 53.9 Å². The number of rotatable bonds is 11. The first-order valence-electron chi connectivity index (χ1n) is 9.04. The van der Waals surface area contributed by atoms with E-state index in [9.17, 15) is 9.36 Å². The van der Waals surface area contributed by atoms with Crippen LogP contribution in [0.1, 0.15) is 69.2 Å². The molecule has 0 aromatic rings. The molecule has 0 amide bonds. The van der Waals surface area contributed by atoms with E-state index in [4.69, 9.17) is 23.9 Å². The van der Waals surface area contributed by atoms with E-state index in [1.165, 1.54) is 18.9 Å². The highest BCUT2D eigenvalue weighted by molar-refractivity contribution is 7.54. The standard InChI is InChI=1S/C17H37N2O7P/c1-11-23-27(22,24-12-2)13(15(3,4)5)19(16(6,7)8)26-18-25-17(9,10)14(20)21/h13,18H,11-12H2,1-10H3,(H,20,21). The second-order valence-electron chi connectivity index (χ2n) is 8.70. The molecule has 9 nitrogen and oxygen atoms in total. The molecule has 0 radical (unpaired) electrons.